The first kappa shape index (κ1) is 20.7. The summed E-state index contributed by atoms with van der Waals surface area (Å²) in [7, 11) is 0. The van der Waals surface area contributed by atoms with Crippen LogP contribution in [0.5, 0.6) is 5.88 Å². The molecule has 1 amide bonds. The summed E-state index contributed by atoms with van der Waals surface area (Å²) in [6, 6.07) is 9.82. The van der Waals surface area contributed by atoms with Gasteiger partial charge in [-0.15, -0.1) is 0 Å². The summed E-state index contributed by atoms with van der Waals surface area (Å²) in [5, 5.41) is 14.8. The fourth-order valence-electron chi connectivity index (χ4n) is 4.20. The summed E-state index contributed by atoms with van der Waals surface area (Å²) in [6.45, 7) is 1.83. The van der Waals surface area contributed by atoms with Crippen molar-refractivity contribution >= 4 is 16.8 Å². The Kier molecular flexibility index (Phi) is 5.38. The van der Waals surface area contributed by atoms with Gasteiger partial charge in [-0.1, -0.05) is 6.07 Å². The number of nitrogens with one attached hydrogen (secondary N) is 3. The number of benzene rings is 1. The molecule has 0 spiro atoms. The molecule has 34 heavy (non-hydrogen) atoms. The molecule has 1 aliphatic carbocycles. The van der Waals surface area contributed by atoms with Crippen molar-refractivity contribution in [3.63, 3.8) is 0 Å². The van der Waals surface area contributed by atoms with Crippen LogP contribution in [-0.2, 0) is 0 Å². The van der Waals surface area contributed by atoms with Crippen molar-refractivity contribution in [1.29, 1.82) is 0 Å². The van der Waals surface area contributed by atoms with E-state index in [2.05, 4.69) is 35.8 Å². The van der Waals surface area contributed by atoms with Crippen LogP contribution in [0.25, 0.3) is 33.5 Å². The molecule has 0 unspecified atom stereocenters. The van der Waals surface area contributed by atoms with Crippen molar-refractivity contribution < 1.29 is 9.53 Å². The molecule has 1 aromatic carbocycles. The Bertz CT molecular complexity index is 1340. The van der Waals surface area contributed by atoms with Gasteiger partial charge in [0.05, 0.1) is 23.6 Å². The number of pyridine rings is 1. The molecule has 0 radical (unpaired) electrons. The van der Waals surface area contributed by atoms with E-state index in [1.54, 1.807) is 24.7 Å². The quantitative estimate of drug-likeness (QED) is 0.409. The van der Waals surface area contributed by atoms with Crippen molar-refractivity contribution in [1.82, 2.24) is 35.8 Å². The second-order valence-electron chi connectivity index (χ2n) is 8.84. The predicted molar refractivity (Wildman–Crippen MR) is 127 cm³/mol. The van der Waals surface area contributed by atoms with Crippen LogP contribution >= 0.6 is 0 Å². The molecule has 9 heteroatoms. The summed E-state index contributed by atoms with van der Waals surface area (Å²) >= 11 is 0. The van der Waals surface area contributed by atoms with Crippen LogP contribution in [-0.4, -0.2) is 56.3 Å². The van der Waals surface area contributed by atoms with Gasteiger partial charge in [0.25, 0.3) is 5.91 Å². The molecule has 4 aromatic rings. The van der Waals surface area contributed by atoms with E-state index in [0.717, 1.165) is 60.9 Å². The molecule has 6 rings (SSSR count). The van der Waals surface area contributed by atoms with Crippen molar-refractivity contribution in [3.8, 4) is 28.5 Å². The molecule has 9 nitrogen and oxygen atoms in total. The van der Waals surface area contributed by atoms with Crippen LogP contribution in [0.15, 0.2) is 48.9 Å². The third kappa shape index (κ3) is 4.34. The minimum atomic E-state index is -0.0588. The third-order valence-corrected chi connectivity index (χ3v) is 6.19. The third-order valence-electron chi connectivity index (χ3n) is 6.19. The van der Waals surface area contributed by atoms with Gasteiger partial charge in [-0.3, -0.25) is 19.9 Å². The Morgan fingerprint density at radius 3 is 2.88 bits per heavy atom. The zero-order valence-electron chi connectivity index (χ0n) is 18.6. The molecule has 1 saturated heterocycles. The molecule has 1 aliphatic heterocycles. The largest absolute Gasteiger partial charge is 0.472 e. The van der Waals surface area contributed by atoms with Crippen LogP contribution in [0.1, 0.15) is 36.0 Å². The fraction of sp³-hybridized carbons (Fsp3) is 0.320. The number of piperidine rings is 1. The van der Waals surface area contributed by atoms with Crippen LogP contribution in [0.2, 0.25) is 0 Å². The van der Waals surface area contributed by atoms with Gasteiger partial charge in [-0.25, -0.2) is 4.98 Å². The molecule has 1 saturated carbocycles. The molecule has 2 fully saturated rings. The van der Waals surface area contributed by atoms with E-state index in [0.29, 0.717) is 28.9 Å². The van der Waals surface area contributed by atoms with E-state index in [-0.39, 0.29) is 12.0 Å². The standard InChI is InChI=1S/C25H25N7O2/c33-25(29-17-4-5-17)16-7-9-28-21(11-16)15-3-6-20-19(10-15)24(32-31-20)22-13-27-14-23(30-22)34-18-2-1-8-26-12-18/h3,6-7,9-11,13-14,17-18,26H,1-2,4-5,8,12H2,(H,29,33)(H,31,32)/t18-/m1/s1. The topological polar surface area (TPSA) is 118 Å². The Morgan fingerprint density at radius 2 is 2.03 bits per heavy atom. The van der Waals surface area contributed by atoms with Gasteiger partial charge < -0.3 is 15.4 Å². The highest BCUT2D eigenvalue weighted by Crippen LogP contribution is 2.30. The zero-order chi connectivity index (χ0) is 22.9. The first-order chi connectivity index (χ1) is 16.7. The number of hydrogen-bond donors (Lipinski definition) is 3. The van der Waals surface area contributed by atoms with Gasteiger partial charge in [0.15, 0.2) is 0 Å². The maximum absolute atomic E-state index is 12.5. The number of nitrogens with zero attached hydrogens (tertiary/aromatic N) is 4. The van der Waals surface area contributed by atoms with Gasteiger partial charge >= 0.3 is 0 Å². The SMILES string of the molecule is O=C(NC1CC1)c1ccnc(-c2ccc3[nH]nc(-c4cncc(O[C@@H]5CCCNC5)n4)c3c2)c1. The number of ether oxygens (including phenoxy) is 1. The smallest absolute Gasteiger partial charge is 0.251 e. The lowest BCUT2D eigenvalue weighted by molar-refractivity contribution is 0.0951. The summed E-state index contributed by atoms with van der Waals surface area (Å²) in [5.41, 5.74) is 4.44. The summed E-state index contributed by atoms with van der Waals surface area (Å²) in [4.78, 5) is 26.0. The average Bonchev–Trinajstić information content (AvgIpc) is 3.59. The highest BCUT2D eigenvalue weighted by Gasteiger charge is 2.24. The number of hydrogen-bond acceptors (Lipinski definition) is 7. The Morgan fingerprint density at radius 1 is 1.09 bits per heavy atom. The number of fused-ring (bicyclic) bond motifs is 1. The van der Waals surface area contributed by atoms with E-state index in [1.807, 2.05) is 24.3 Å². The van der Waals surface area contributed by atoms with Crippen molar-refractivity contribution in [3.05, 3.63) is 54.5 Å². The molecular weight excluding hydrogens is 430 g/mol. The molecule has 2 aliphatic rings. The Labute approximate surface area is 196 Å². The van der Waals surface area contributed by atoms with Crippen LogP contribution in [0.3, 0.4) is 0 Å². The second-order valence-corrected chi connectivity index (χ2v) is 8.84. The number of rotatable bonds is 6. The van der Waals surface area contributed by atoms with Crippen LogP contribution in [0.4, 0.5) is 0 Å². The highest BCUT2D eigenvalue weighted by molar-refractivity contribution is 5.97. The molecule has 172 valence electrons. The molecular formula is C25H25N7O2. The Balaban J connectivity index is 1.30. The lowest BCUT2D eigenvalue weighted by atomic mass is 10.0. The molecule has 0 bridgehead atoms. The van der Waals surface area contributed by atoms with Crippen LogP contribution < -0.4 is 15.4 Å². The van der Waals surface area contributed by atoms with E-state index in [1.165, 1.54) is 0 Å². The van der Waals surface area contributed by atoms with E-state index < -0.39 is 0 Å². The van der Waals surface area contributed by atoms with E-state index in [9.17, 15) is 4.79 Å². The summed E-state index contributed by atoms with van der Waals surface area (Å²) in [5.74, 6) is 0.436. The van der Waals surface area contributed by atoms with E-state index >= 15 is 0 Å². The van der Waals surface area contributed by atoms with E-state index in [4.69, 9.17) is 4.74 Å². The summed E-state index contributed by atoms with van der Waals surface area (Å²) < 4.78 is 6.04. The average molecular weight is 456 g/mol. The molecule has 3 N–H and O–H groups in total. The van der Waals surface area contributed by atoms with Crippen molar-refractivity contribution in [2.75, 3.05) is 13.1 Å². The zero-order valence-corrected chi connectivity index (χ0v) is 18.6. The Hall–Kier alpha value is -3.85. The van der Waals surface area contributed by atoms with Gasteiger partial charge in [-0.2, -0.15) is 5.10 Å². The van der Waals surface area contributed by atoms with Gasteiger partial charge in [0.2, 0.25) is 5.88 Å². The summed E-state index contributed by atoms with van der Waals surface area (Å²) in [6.07, 6.45) is 9.28. The normalized spacial score (nSPS) is 18.1. The van der Waals surface area contributed by atoms with Gasteiger partial charge in [0.1, 0.15) is 17.5 Å². The molecule has 1 atom stereocenters. The lowest BCUT2D eigenvalue weighted by Crippen LogP contribution is -2.37. The number of aromatic nitrogens is 5. The number of amides is 1. The molecule has 3 aromatic heterocycles. The minimum absolute atomic E-state index is 0.0588. The van der Waals surface area contributed by atoms with Gasteiger partial charge in [0, 0.05) is 35.3 Å². The van der Waals surface area contributed by atoms with Crippen LogP contribution in [0, 0.1) is 0 Å². The van der Waals surface area contributed by atoms with Crippen molar-refractivity contribution in [2.45, 2.75) is 37.8 Å². The maximum Gasteiger partial charge on any atom is 0.251 e. The predicted octanol–water partition coefficient (Wildman–Crippen LogP) is 3.10. The fourth-order valence-corrected chi connectivity index (χ4v) is 4.20. The second kappa shape index (κ2) is 8.83. The molecule has 4 heterocycles. The number of carbonyl (C=O) groups excluding carboxylic acids is 1. The monoisotopic (exact) mass is 455 g/mol. The highest BCUT2D eigenvalue weighted by atomic mass is 16.5. The minimum Gasteiger partial charge on any atom is -0.472 e. The lowest BCUT2D eigenvalue weighted by Gasteiger charge is -2.23. The number of H-pyrrole nitrogens is 1. The number of carbonyl (C=O) groups is 1. The van der Waals surface area contributed by atoms with Gasteiger partial charge in [-0.05, 0) is 56.5 Å². The first-order valence-corrected chi connectivity index (χ1v) is 11.7. The van der Waals surface area contributed by atoms with Crippen molar-refractivity contribution in [2.24, 2.45) is 0 Å². The first-order valence-electron chi connectivity index (χ1n) is 11.7. The number of aromatic amines is 1. The maximum atomic E-state index is 12.5.